The minimum atomic E-state index is -1.16. The summed E-state index contributed by atoms with van der Waals surface area (Å²) in [5, 5.41) is 11.8. The summed E-state index contributed by atoms with van der Waals surface area (Å²) in [5.74, 6) is -1.19. The van der Waals surface area contributed by atoms with Crippen molar-refractivity contribution in [3.63, 3.8) is 0 Å². The van der Waals surface area contributed by atoms with Crippen LogP contribution in [0, 0.1) is 10.1 Å². The molecule has 0 unspecified atom stereocenters. The van der Waals surface area contributed by atoms with Gasteiger partial charge >= 0.3 is 0 Å². The molecule has 1 aliphatic rings. The Morgan fingerprint density at radius 2 is 1.67 bits per heavy atom. The summed E-state index contributed by atoms with van der Waals surface area (Å²) in [7, 11) is 1.35. The van der Waals surface area contributed by atoms with Crippen molar-refractivity contribution < 1.29 is 19.2 Å². The molecule has 3 rings (SSSR count). The predicted molar refractivity (Wildman–Crippen MR) is 98.8 cm³/mol. The number of benzene rings is 2. The topological polar surface area (TPSA) is 89.8 Å². The van der Waals surface area contributed by atoms with Gasteiger partial charge in [-0.2, -0.15) is 0 Å². The molecule has 2 aromatic carbocycles. The lowest BCUT2D eigenvalue weighted by atomic mass is 10.0. The fourth-order valence-corrected chi connectivity index (χ4v) is 3.49. The highest BCUT2D eigenvalue weighted by atomic mass is 35.5. The van der Waals surface area contributed by atoms with Crippen molar-refractivity contribution in [1.29, 1.82) is 0 Å². The van der Waals surface area contributed by atoms with Crippen LogP contribution in [0.1, 0.15) is 32.4 Å². The molecule has 2 aromatic rings. The number of fused-ring (bicyclic) bond motifs is 1. The van der Waals surface area contributed by atoms with Crippen LogP contribution >= 0.6 is 23.2 Å². The van der Waals surface area contributed by atoms with Gasteiger partial charge in [-0.3, -0.25) is 24.6 Å². The molecule has 1 aliphatic heterocycles. The van der Waals surface area contributed by atoms with Gasteiger partial charge < -0.3 is 4.74 Å². The van der Waals surface area contributed by atoms with Gasteiger partial charge in [0.1, 0.15) is 12.1 Å². The third-order valence-corrected chi connectivity index (χ3v) is 5.11. The van der Waals surface area contributed by atoms with Crippen molar-refractivity contribution in [1.82, 2.24) is 4.90 Å². The van der Waals surface area contributed by atoms with Crippen LogP contribution in [0.4, 0.5) is 0 Å². The molecule has 0 N–H and O–H groups in total. The van der Waals surface area contributed by atoms with Crippen LogP contribution in [0.5, 0.6) is 0 Å². The number of nitro groups is 1. The van der Waals surface area contributed by atoms with Gasteiger partial charge in [0.05, 0.1) is 21.2 Å². The predicted octanol–water partition coefficient (Wildman–Crippen LogP) is 3.62. The van der Waals surface area contributed by atoms with Crippen LogP contribution in [0.25, 0.3) is 0 Å². The first-order valence-electron chi connectivity index (χ1n) is 7.91. The quantitative estimate of drug-likeness (QED) is 0.413. The van der Waals surface area contributed by atoms with Gasteiger partial charge in [0.25, 0.3) is 11.8 Å². The Morgan fingerprint density at radius 1 is 1.07 bits per heavy atom. The van der Waals surface area contributed by atoms with Gasteiger partial charge in [-0.05, 0) is 29.8 Å². The average molecular weight is 409 g/mol. The highest BCUT2D eigenvalue weighted by Crippen LogP contribution is 2.34. The van der Waals surface area contributed by atoms with Gasteiger partial charge in [0.2, 0.25) is 6.54 Å². The van der Waals surface area contributed by atoms with E-state index in [0.717, 1.165) is 4.90 Å². The lowest BCUT2D eigenvalue weighted by Gasteiger charge is -2.30. The van der Waals surface area contributed by atoms with E-state index < -0.39 is 35.4 Å². The third-order valence-electron chi connectivity index (χ3n) is 4.37. The smallest absolute Gasteiger partial charge is 0.262 e. The van der Waals surface area contributed by atoms with E-state index in [1.54, 1.807) is 18.2 Å². The Kier molecular flexibility index (Phi) is 5.46. The lowest BCUT2D eigenvalue weighted by molar-refractivity contribution is -0.487. The number of halogens is 2. The molecule has 2 amide bonds. The number of hydrogen-bond donors (Lipinski definition) is 0. The van der Waals surface area contributed by atoms with Crippen LogP contribution in [0.15, 0.2) is 42.5 Å². The van der Waals surface area contributed by atoms with Crippen molar-refractivity contribution in [2.75, 3.05) is 13.7 Å². The summed E-state index contributed by atoms with van der Waals surface area (Å²) in [6.45, 7) is -0.676. The second-order valence-electron chi connectivity index (χ2n) is 5.94. The zero-order valence-electron chi connectivity index (χ0n) is 14.1. The molecule has 0 aromatic heterocycles. The van der Waals surface area contributed by atoms with Gasteiger partial charge in [-0.1, -0.05) is 41.4 Å². The molecule has 27 heavy (non-hydrogen) atoms. The number of carbonyl (C=O) groups is 2. The Morgan fingerprint density at radius 3 is 2.15 bits per heavy atom. The fraction of sp³-hybridized carbons (Fsp3) is 0.222. The van der Waals surface area contributed by atoms with Gasteiger partial charge in [0, 0.05) is 12.0 Å². The number of amides is 2. The molecule has 1 heterocycles. The summed E-state index contributed by atoms with van der Waals surface area (Å²) in [5.41, 5.74) is 0.884. The highest BCUT2D eigenvalue weighted by molar-refractivity contribution is 6.42. The van der Waals surface area contributed by atoms with Crippen molar-refractivity contribution in [2.45, 2.75) is 12.1 Å². The van der Waals surface area contributed by atoms with Crippen molar-refractivity contribution in [3.8, 4) is 0 Å². The molecular formula is C18H14Cl2N2O5. The number of hydrogen-bond acceptors (Lipinski definition) is 5. The maximum absolute atomic E-state index is 12.8. The standard InChI is InChI=1S/C18H14Cl2N2O5/c1-27-16(10-6-7-13(19)14(20)8-10)15(9-21(25)26)22-17(23)11-4-2-3-5-12(11)18(22)24/h2-8,15-16H,9H2,1H3/t15-,16+/m1/s1. The number of carbonyl (C=O) groups excluding carboxylic acids is 2. The number of ether oxygens (including phenoxy) is 1. The van der Waals surface area contributed by atoms with Crippen molar-refractivity contribution in [3.05, 3.63) is 79.3 Å². The maximum atomic E-state index is 12.8. The van der Waals surface area contributed by atoms with Gasteiger partial charge in [0.15, 0.2) is 0 Å². The van der Waals surface area contributed by atoms with E-state index in [9.17, 15) is 19.7 Å². The maximum Gasteiger partial charge on any atom is 0.262 e. The zero-order valence-corrected chi connectivity index (χ0v) is 15.6. The van der Waals surface area contributed by atoms with Gasteiger partial charge in [-0.25, -0.2) is 0 Å². The minimum Gasteiger partial charge on any atom is -0.374 e. The molecule has 9 heteroatoms. The summed E-state index contributed by atoms with van der Waals surface area (Å²) >= 11 is 12.0. The molecule has 0 bridgehead atoms. The fourth-order valence-electron chi connectivity index (χ4n) is 3.18. The molecule has 0 aliphatic carbocycles. The Labute approximate surface area is 164 Å². The summed E-state index contributed by atoms with van der Waals surface area (Å²) < 4.78 is 5.45. The van der Waals surface area contributed by atoms with E-state index in [2.05, 4.69) is 0 Å². The Bertz CT molecular complexity index is 899. The molecular weight excluding hydrogens is 395 g/mol. The highest BCUT2D eigenvalue weighted by Gasteiger charge is 2.45. The minimum absolute atomic E-state index is 0.208. The van der Waals surface area contributed by atoms with Crippen LogP contribution in [-0.4, -0.2) is 41.3 Å². The van der Waals surface area contributed by atoms with E-state index in [1.165, 1.54) is 31.4 Å². The summed E-state index contributed by atoms with van der Waals surface area (Å²) in [6.07, 6.45) is -0.952. The average Bonchev–Trinajstić information content (AvgIpc) is 2.89. The zero-order chi connectivity index (χ0) is 19.7. The van der Waals surface area contributed by atoms with Crippen LogP contribution in [0.2, 0.25) is 10.0 Å². The second kappa shape index (κ2) is 7.64. The number of nitrogens with zero attached hydrogens (tertiary/aromatic N) is 2. The van der Waals surface area contributed by atoms with Gasteiger partial charge in [-0.15, -0.1) is 0 Å². The first-order chi connectivity index (χ1) is 12.8. The molecule has 0 saturated carbocycles. The van der Waals surface area contributed by atoms with E-state index >= 15 is 0 Å². The number of methoxy groups -OCH3 is 1. The van der Waals surface area contributed by atoms with E-state index in [1.807, 2.05) is 0 Å². The van der Waals surface area contributed by atoms with Crippen LogP contribution < -0.4 is 0 Å². The summed E-state index contributed by atoms with van der Waals surface area (Å²) in [6, 6.07) is 9.74. The van der Waals surface area contributed by atoms with Crippen molar-refractivity contribution >= 4 is 35.0 Å². The second-order valence-corrected chi connectivity index (χ2v) is 6.75. The Hall–Kier alpha value is -2.48. The van der Waals surface area contributed by atoms with Crippen LogP contribution in [-0.2, 0) is 4.74 Å². The number of imide groups is 1. The molecule has 0 spiro atoms. The first kappa shape index (κ1) is 19.3. The normalized spacial score (nSPS) is 15.6. The first-order valence-corrected chi connectivity index (χ1v) is 8.67. The summed E-state index contributed by atoms with van der Waals surface area (Å²) in [4.78, 5) is 37.2. The lowest BCUT2D eigenvalue weighted by Crippen LogP contribution is -2.47. The molecule has 0 radical (unpaired) electrons. The molecule has 0 fully saturated rings. The Balaban J connectivity index is 2.05. The molecule has 2 atom stereocenters. The van der Waals surface area contributed by atoms with E-state index in [0.29, 0.717) is 10.6 Å². The van der Waals surface area contributed by atoms with E-state index in [-0.39, 0.29) is 16.1 Å². The van der Waals surface area contributed by atoms with Crippen molar-refractivity contribution in [2.24, 2.45) is 0 Å². The third kappa shape index (κ3) is 3.53. The monoisotopic (exact) mass is 408 g/mol. The largest absolute Gasteiger partial charge is 0.374 e. The molecule has 7 nitrogen and oxygen atoms in total. The van der Waals surface area contributed by atoms with Crippen LogP contribution in [0.3, 0.4) is 0 Å². The molecule has 140 valence electrons. The van der Waals surface area contributed by atoms with E-state index in [4.69, 9.17) is 27.9 Å². The number of rotatable bonds is 6. The SMILES string of the molecule is CO[C@@H](c1ccc(Cl)c(Cl)c1)[C@@H](C[N+](=O)[O-])N1C(=O)c2ccccc2C1=O. The molecule has 0 saturated heterocycles.